The second-order valence-corrected chi connectivity index (χ2v) is 6.08. The molecule has 1 N–H and O–H groups in total. The van der Waals surface area contributed by atoms with E-state index in [2.05, 4.69) is 5.32 Å². The van der Waals surface area contributed by atoms with Gasteiger partial charge in [0, 0.05) is 12.5 Å². The zero-order chi connectivity index (χ0) is 17.5. The second-order valence-electron chi connectivity index (χ2n) is 6.08. The van der Waals surface area contributed by atoms with E-state index in [0.717, 1.165) is 19.3 Å². The Balaban J connectivity index is 1.83. The average molecular weight is 334 g/mol. The number of carbonyl (C=O) groups excluding carboxylic acids is 2. The molecule has 24 heavy (non-hydrogen) atoms. The summed E-state index contributed by atoms with van der Waals surface area (Å²) in [5, 5.41) is 13.4. The molecule has 1 atom stereocenters. The molecule has 7 nitrogen and oxygen atoms in total. The fourth-order valence-corrected chi connectivity index (χ4v) is 2.90. The van der Waals surface area contributed by atoms with Crippen LogP contribution in [-0.4, -0.2) is 22.9 Å². The van der Waals surface area contributed by atoms with Gasteiger partial charge < -0.3 is 10.1 Å². The van der Waals surface area contributed by atoms with Crippen molar-refractivity contribution in [3.05, 3.63) is 34.4 Å². The van der Waals surface area contributed by atoms with Crippen LogP contribution < -0.4 is 5.32 Å². The van der Waals surface area contributed by atoms with E-state index in [1.165, 1.54) is 38.0 Å². The lowest BCUT2D eigenvalue weighted by molar-refractivity contribution is -0.383. The van der Waals surface area contributed by atoms with Crippen molar-refractivity contribution in [1.29, 1.82) is 0 Å². The highest BCUT2D eigenvalue weighted by Crippen LogP contribution is 2.28. The molecule has 1 aliphatic rings. The van der Waals surface area contributed by atoms with Gasteiger partial charge in [-0.2, -0.15) is 0 Å². The number of nitro benzene ring substituents is 1. The van der Waals surface area contributed by atoms with Crippen molar-refractivity contribution >= 4 is 23.3 Å². The summed E-state index contributed by atoms with van der Waals surface area (Å²) >= 11 is 0. The molecule has 0 bridgehead atoms. The first-order chi connectivity index (χ1) is 11.5. The largest absolute Gasteiger partial charge is 0.453 e. The predicted molar refractivity (Wildman–Crippen MR) is 88.5 cm³/mol. The molecule has 1 saturated carbocycles. The number of nitro groups is 1. The number of hydrogen-bond acceptors (Lipinski definition) is 5. The summed E-state index contributed by atoms with van der Waals surface area (Å²) in [6.07, 6.45) is 4.83. The zero-order valence-corrected chi connectivity index (χ0v) is 13.7. The number of nitrogens with one attached hydrogen (secondary N) is 1. The lowest BCUT2D eigenvalue weighted by Crippen LogP contribution is -2.30. The molecule has 0 heterocycles. The molecule has 130 valence electrons. The fourth-order valence-electron chi connectivity index (χ4n) is 2.90. The third kappa shape index (κ3) is 5.04. The normalized spacial score (nSPS) is 15.7. The standard InChI is InChI=1S/C17H22N2O5/c1-12(24-16(20)11-10-13-6-2-3-7-13)17(21)18-14-8-4-5-9-15(14)19(22)23/h4-5,8-9,12-13H,2-3,6-7,10-11H2,1H3,(H,18,21)/t12-/m1/s1. The number of rotatable bonds is 7. The molecule has 1 aliphatic carbocycles. The van der Waals surface area contributed by atoms with Crippen LogP contribution in [0.3, 0.4) is 0 Å². The van der Waals surface area contributed by atoms with Gasteiger partial charge in [-0.1, -0.05) is 37.8 Å². The van der Waals surface area contributed by atoms with Crippen LogP contribution in [0.5, 0.6) is 0 Å². The predicted octanol–water partition coefficient (Wildman–Crippen LogP) is 3.44. The number of carbonyl (C=O) groups is 2. The topological polar surface area (TPSA) is 98.5 Å². The number of nitrogens with zero attached hydrogens (tertiary/aromatic N) is 1. The van der Waals surface area contributed by atoms with Gasteiger partial charge in [0.2, 0.25) is 0 Å². The molecule has 0 saturated heterocycles. The Kier molecular flexibility index (Phi) is 6.28. The first-order valence-electron chi connectivity index (χ1n) is 8.21. The third-order valence-corrected chi connectivity index (χ3v) is 4.27. The Morgan fingerprint density at radius 2 is 2.00 bits per heavy atom. The molecule has 0 aliphatic heterocycles. The van der Waals surface area contributed by atoms with Gasteiger partial charge in [-0.05, 0) is 25.3 Å². The molecule has 0 aromatic heterocycles. The number of hydrogen-bond donors (Lipinski definition) is 1. The summed E-state index contributed by atoms with van der Waals surface area (Å²) in [7, 11) is 0. The number of anilines is 1. The van der Waals surface area contributed by atoms with Crippen LogP contribution in [0.25, 0.3) is 0 Å². The van der Waals surface area contributed by atoms with E-state index in [1.54, 1.807) is 6.07 Å². The maximum atomic E-state index is 12.1. The molecule has 1 fully saturated rings. The SMILES string of the molecule is C[C@@H](OC(=O)CCC1CCCC1)C(=O)Nc1ccccc1[N+](=O)[O-]. The van der Waals surface area contributed by atoms with Gasteiger partial charge in [0.05, 0.1) is 4.92 Å². The first kappa shape index (κ1) is 17.9. The van der Waals surface area contributed by atoms with E-state index < -0.39 is 22.9 Å². The number of para-hydroxylation sites is 2. The second kappa shape index (κ2) is 8.42. The van der Waals surface area contributed by atoms with E-state index in [-0.39, 0.29) is 11.4 Å². The number of esters is 1. The molecular weight excluding hydrogens is 312 g/mol. The van der Waals surface area contributed by atoms with Crippen LogP contribution in [0.4, 0.5) is 11.4 Å². The van der Waals surface area contributed by atoms with E-state index in [1.807, 2.05) is 0 Å². The molecule has 7 heteroatoms. The molecule has 0 radical (unpaired) electrons. The zero-order valence-electron chi connectivity index (χ0n) is 13.7. The van der Waals surface area contributed by atoms with Gasteiger partial charge in [-0.15, -0.1) is 0 Å². The van der Waals surface area contributed by atoms with Gasteiger partial charge in [-0.25, -0.2) is 0 Å². The van der Waals surface area contributed by atoms with Crippen molar-refractivity contribution < 1.29 is 19.2 Å². The van der Waals surface area contributed by atoms with E-state index in [0.29, 0.717) is 12.3 Å². The van der Waals surface area contributed by atoms with Crippen molar-refractivity contribution in [2.45, 2.75) is 51.6 Å². The smallest absolute Gasteiger partial charge is 0.306 e. The first-order valence-corrected chi connectivity index (χ1v) is 8.21. The van der Waals surface area contributed by atoms with Gasteiger partial charge in [0.15, 0.2) is 6.10 Å². The van der Waals surface area contributed by atoms with Gasteiger partial charge in [0.1, 0.15) is 5.69 Å². The molecular formula is C17H22N2O5. The minimum Gasteiger partial charge on any atom is -0.453 e. The van der Waals surface area contributed by atoms with Crippen molar-refractivity contribution in [1.82, 2.24) is 0 Å². The minimum absolute atomic E-state index is 0.0846. The van der Waals surface area contributed by atoms with Crippen LogP contribution in [0.1, 0.15) is 45.4 Å². The fraction of sp³-hybridized carbons (Fsp3) is 0.529. The summed E-state index contributed by atoms with van der Waals surface area (Å²) in [4.78, 5) is 34.3. The summed E-state index contributed by atoms with van der Waals surface area (Å²) in [6, 6.07) is 5.83. The van der Waals surface area contributed by atoms with E-state index >= 15 is 0 Å². The van der Waals surface area contributed by atoms with E-state index in [4.69, 9.17) is 4.74 Å². The summed E-state index contributed by atoms with van der Waals surface area (Å²) in [5.41, 5.74) is -0.119. The summed E-state index contributed by atoms with van der Waals surface area (Å²) < 4.78 is 5.12. The third-order valence-electron chi connectivity index (χ3n) is 4.27. The Morgan fingerprint density at radius 1 is 1.33 bits per heavy atom. The number of amides is 1. The van der Waals surface area contributed by atoms with Gasteiger partial charge in [-0.3, -0.25) is 19.7 Å². The maximum absolute atomic E-state index is 12.1. The molecule has 1 amide bonds. The van der Waals surface area contributed by atoms with Crippen LogP contribution in [0.2, 0.25) is 0 Å². The lowest BCUT2D eigenvalue weighted by atomic mass is 10.0. The molecule has 1 aromatic rings. The highest BCUT2D eigenvalue weighted by molar-refractivity contribution is 5.96. The van der Waals surface area contributed by atoms with Crippen molar-refractivity contribution in [3.8, 4) is 0 Å². The van der Waals surface area contributed by atoms with Crippen molar-refractivity contribution in [2.75, 3.05) is 5.32 Å². The van der Waals surface area contributed by atoms with Crippen molar-refractivity contribution in [2.24, 2.45) is 5.92 Å². The van der Waals surface area contributed by atoms with Crippen LogP contribution in [-0.2, 0) is 14.3 Å². The Bertz CT molecular complexity index is 611. The number of ether oxygens (including phenoxy) is 1. The Morgan fingerprint density at radius 3 is 2.67 bits per heavy atom. The minimum atomic E-state index is -0.999. The highest BCUT2D eigenvalue weighted by atomic mass is 16.6. The van der Waals surface area contributed by atoms with E-state index in [9.17, 15) is 19.7 Å². The summed E-state index contributed by atoms with van der Waals surface area (Å²) in [5.74, 6) is -0.417. The maximum Gasteiger partial charge on any atom is 0.306 e. The Hall–Kier alpha value is -2.44. The van der Waals surface area contributed by atoms with Crippen LogP contribution >= 0.6 is 0 Å². The molecule has 0 unspecified atom stereocenters. The van der Waals surface area contributed by atoms with Gasteiger partial charge in [0.25, 0.3) is 11.6 Å². The van der Waals surface area contributed by atoms with Crippen LogP contribution in [0, 0.1) is 16.0 Å². The molecule has 1 aromatic carbocycles. The Labute approximate surface area is 140 Å². The average Bonchev–Trinajstić information content (AvgIpc) is 3.06. The summed E-state index contributed by atoms with van der Waals surface area (Å²) in [6.45, 7) is 1.46. The number of benzene rings is 1. The monoisotopic (exact) mass is 334 g/mol. The quantitative estimate of drug-likeness (QED) is 0.468. The molecule has 0 spiro atoms. The highest BCUT2D eigenvalue weighted by Gasteiger charge is 2.22. The van der Waals surface area contributed by atoms with Gasteiger partial charge >= 0.3 is 5.97 Å². The van der Waals surface area contributed by atoms with Crippen molar-refractivity contribution in [3.63, 3.8) is 0 Å². The molecule has 2 rings (SSSR count). The van der Waals surface area contributed by atoms with Crippen LogP contribution in [0.15, 0.2) is 24.3 Å². The lowest BCUT2D eigenvalue weighted by Gasteiger charge is -2.14.